The molecule has 0 saturated heterocycles. The van der Waals surface area contributed by atoms with Gasteiger partial charge in [0, 0.05) is 5.69 Å². The molecule has 1 heterocycles. The second-order valence-corrected chi connectivity index (χ2v) is 7.70. The first-order valence-corrected chi connectivity index (χ1v) is 10.9. The molecule has 0 fully saturated rings. The number of rotatable bonds is 9. The van der Waals surface area contributed by atoms with Gasteiger partial charge in [0.15, 0.2) is 5.76 Å². The topological polar surface area (TPSA) is 80.6 Å². The number of thioether (sulfide) groups is 1. The van der Waals surface area contributed by atoms with Crippen LogP contribution in [0.4, 0.5) is 5.69 Å². The molecular formula is C23H24N2O4S. The van der Waals surface area contributed by atoms with E-state index in [1.54, 1.807) is 48.2 Å². The average molecular weight is 425 g/mol. The van der Waals surface area contributed by atoms with Crippen LogP contribution in [-0.2, 0) is 4.79 Å². The maximum Gasteiger partial charge on any atom is 0.287 e. The summed E-state index contributed by atoms with van der Waals surface area (Å²) in [5.41, 5.74) is 1.79. The van der Waals surface area contributed by atoms with Crippen molar-refractivity contribution in [1.82, 2.24) is 5.32 Å². The zero-order chi connectivity index (χ0) is 21.3. The molecule has 156 valence electrons. The normalized spacial score (nSPS) is 11.5. The summed E-state index contributed by atoms with van der Waals surface area (Å²) in [7, 11) is 0. The number of carbonyl (C=O) groups excluding carboxylic acids is 2. The molecule has 0 aliphatic carbocycles. The van der Waals surface area contributed by atoms with Crippen molar-refractivity contribution in [3.8, 4) is 11.5 Å². The van der Waals surface area contributed by atoms with E-state index in [1.165, 1.54) is 6.26 Å². The Morgan fingerprint density at radius 1 is 1.03 bits per heavy atom. The SMILES string of the molecule is CSCCC(NC(=O)c1ccco1)C(=O)Nc1ccc(Oc2ccc(C)cc2)cc1. The lowest BCUT2D eigenvalue weighted by atomic mass is 10.2. The molecule has 3 rings (SSSR count). The lowest BCUT2D eigenvalue weighted by Crippen LogP contribution is -2.44. The number of furan rings is 1. The van der Waals surface area contributed by atoms with E-state index in [2.05, 4.69) is 10.6 Å². The summed E-state index contributed by atoms with van der Waals surface area (Å²) in [6.45, 7) is 2.02. The number of hydrogen-bond acceptors (Lipinski definition) is 5. The van der Waals surface area contributed by atoms with Crippen LogP contribution in [0.2, 0.25) is 0 Å². The van der Waals surface area contributed by atoms with Crippen molar-refractivity contribution in [3.05, 3.63) is 78.3 Å². The third kappa shape index (κ3) is 6.15. The van der Waals surface area contributed by atoms with Crippen molar-refractivity contribution >= 4 is 29.3 Å². The van der Waals surface area contributed by atoms with Crippen molar-refractivity contribution < 1.29 is 18.7 Å². The number of hydrogen-bond donors (Lipinski definition) is 2. The Balaban J connectivity index is 1.61. The number of carbonyl (C=O) groups is 2. The molecule has 30 heavy (non-hydrogen) atoms. The van der Waals surface area contributed by atoms with Gasteiger partial charge >= 0.3 is 0 Å². The van der Waals surface area contributed by atoms with Crippen LogP contribution >= 0.6 is 11.8 Å². The predicted octanol–water partition coefficient (Wildman–Crippen LogP) is 4.87. The van der Waals surface area contributed by atoms with Gasteiger partial charge in [-0.3, -0.25) is 9.59 Å². The first-order chi connectivity index (χ1) is 14.5. The predicted molar refractivity (Wildman–Crippen MR) is 119 cm³/mol. The summed E-state index contributed by atoms with van der Waals surface area (Å²) in [6.07, 6.45) is 3.89. The van der Waals surface area contributed by atoms with Crippen LogP contribution in [-0.4, -0.2) is 29.9 Å². The maximum atomic E-state index is 12.7. The van der Waals surface area contributed by atoms with Gasteiger partial charge < -0.3 is 19.8 Å². The van der Waals surface area contributed by atoms with Crippen molar-refractivity contribution in [2.45, 2.75) is 19.4 Å². The smallest absolute Gasteiger partial charge is 0.287 e. The molecule has 2 aromatic carbocycles. The molecule has 1 atom stereocenters. The van der Waals surface area contributed by atoms with Gasteiger partial charge in [0.05, 0.1) is 6.26 Å². The summed E-state index contributed by atoms with van der Waals surface area (Å²) in [6, 6.07) is 17.4. The highest BCUT2D eigenvalue weighted by Crippen LogP contribution is 2.23. The summed E-state index contributed by atoms with van der Waals surface area (Å²) < 4.78 is 10.9. The quantitative estimate of drug-likeness (QED) is 0.512. The Labute approximate surface area is 180 Å². The van der Waals surface area contributed by atoms with Crippen LogP contribution in [0.25, 0.3) is 0 Å². The Morgan fingerprint density at radius 2 is 1.70 bits per heavy atom. The number of anilines is 1. The minimum atomic E-state index is -0.668. The number of nitrogens with one attached hydrogen (secondary N) is 2. The largest absolute Gasteiger partial charge is 0.459 e. The number of benzene rings is 2. The molecule has 0 radical (unpaired) electrons. The lowest BCUT2D eigenvalue weighted by Gasteiger charge is -2.17. The monoisotopic (exact) mass is 424 g/mol. The van der Waals surface area contributed by atoms with Crippen LogP contribution in [0.3, 0.4) is 0 Å². The third-order valence-electron chi connectivity index (χ3n) is 4.36. The average Bonchev–Trinajstić information content (AvgIpc) is 3.29. The van der Waals surface area contributed by atoms with E-state index in [9.17, 15) is 9.59 Å². The van der Waals surface area contributed by atoms with Gasteiger partial charge in [-0.15, -0.1) is 0 Å². The molecule has 1 unspecified atom stereocenters. The molecule has 0 spiro atoms. The highest BCUT2D eigenvalue weighted by atomic mass is 32.2. The van der Waals surface area contributed by atoms with Crippen LogP contribution in [0.15, 0.2) is 71.3 Å². The minimum absolute atomic E-state index is 0.176. The van der Waals surface area contributed by atoms with Gasteiger partial charge in [0.25, 0.3) is 5.91 Å². The zero-order valence-electron chi connectivity index (χ0n) is 16.9. The molecule has 1 aromatic heterocycles. The van der Waals surface area contributed by atoms with E-state index in [0.717, 1.165) is 17.1 Å². The fourth-order valence-electron chi connectivity index (χ4n) is 2.72. The Bertz CT molecular complexity index is 954. The molecule has 0 aliphatic heterocycles. The van der Waals surface area contributed by atoms with Gasteiger partial charge in [0.2, 0.25) is 5.91 Å². The third-order valence-corrected chi connectivity index (χ3v) is 5.00. The molecule has 2 amide bonds. The van der Waals surface area contributed by atoms with Crippen LogP contribution in [0.5, 0.6) is 11.5 Å². The molecule has 6 nitrogen and oxygen atoms in total. The van der Waals surface area contributed by atoms with Crippen LogP contribution < -0.4 is 15.4 Å². The highest BCUT2D eigenvalue weighted by Gasteiger charge is 2.22. The molecular weight excluding hydrogens is 400 g/mol. The van der Waals surface area contributed by atoms with Crippen LogP contribution in [0, 0.1) is 6.92 Å². The highest BCUT2D eigenvalue weighted by molar-refractivity contribution is 7.98. The molecule has 3 aromatic rings. The molecule has 0 aliphatic rings. The molecule has 0 bridgehead atoms. The second kappa shape index (κ2) is 10.5. The molecule has 0 saturated carbocycles. The van der Waals surface area contributed by atoms with Crippen LogP contribution in [0.1, 0.15) is 22.5 Å². The van der Waals surface area contributed by atoms with Gasteiger partial charge in [-0.2, -0.15) is 11.8 Å². The Hall–Kier alpha value is -3.19. The van der Waals surface area contributed by atoms with Crippen molar-refractivity contribution in [2.75, 3.05) is 17.3 Å². The Kier molecular flexibility index (Phi) is 7.57. The van der Waals surface area contributed by atoms with Gasteiger partial charge in [-0.25, -0.2) is 0 Å². The van der Waals surface area contributed by atoms with E-state index in [0.29, 0.717) is 17.9 Å². The zero-order valence-corrected chi connectivity index (χ0v) is 17.7. The fourth-order valence-corrected chi connectivity index (χ4v) is 3.19. The van der Waals surface area contributed by atoms with E-state index in [4.69, 9.17) is 9.15 Å². The summed E-state index contributed by atoms with van der Waals surface area (Å²) in [5, 5.41) is 5.59. The van der Waals surface area contributed by atoms with Crippen molar-refractivity contribution in [3.63, 3.8) is 0 Å². The summed E-state index contributed by atoms with van der Waals surface area (Å²) >= 11 is 1.61. The first-order valence-electron chi connectivity index (χ1n) is 9.54. The molecule has 7 heteroatoms. The van der Waals surface area contributed by atoms with Gasteiger partial charge in [0.1, 0.15) is 17.5 Å². The van der Waals surface area contributed by atoms with Crippen molar-refractivity contribution in [1.29, 1.82) is 0 Å². The van der Waals surface area contributed by atoms with Gasteiger partial charge in [-0.1, -0.05) is 17.7 Å². The van der Waals surface area contributed by atoms with E-state index in [1.807, 2.05) is 37.4 Å². The lowest BCUT2D eigenvalue weighted by molar-refractivity contribution is -0.118. The number of ether oxygens (including phenoxy) is 1. The number of aryl methyl sites for hydroxylation is 1. The minimum Gasteiger partial charge on any atom is -0.459 e. The van der Waals surface area contributed by atoms with E-state index >= 15 is 0 Å². The number of amides is 2. The van der Waals surface area contributed by atoms with Crippen molar-refractivity contribution in [2.24, 2.45) is 0 Å². The van der Waals surface area contributed by atoms with E-state index in [-0.39, 0.29) is 11.7 Å². The maximum absolute atomic E-state index is 12.7. The Morgan fingerprint density at radius 3 is 2.30 bits per heavy atom. The fraction of sp³-hybridized carbons (Fsp3) is 0.217. The second-order valence-electron chi connectivity index (χ2n) is 6.71. The standard InChI is InChI=1S/C23H24N2O4S/c1-16-5-9-18(10-6-16)29-19-11-7-17(8-12-19)24-22(26)20(13-15-30-2)25-23(27)21-4-3-14-28-21/h3-12,14,20H,13,15H2,1-2H3,(H,24,26)(H,25,27). The summed E-state index contributed by atoms with van der Waals surface area (Å²) in [4.78, 5) is 25.0. The summed E-state index contributed by atoms with van der Waals surface area (Å²) in [5.74, 6) is 1.63. The van der Waals surface area contributed by atoms with E-state index < -0.39 is 11.9 Å². The van der Waals surface area contributed by atoms with Gasteiger partial charge in [-0.05, 0) is 73.9 Å². The molecule has 2 N–H and O–H groups in total. The first kappa shape index (κ1) is 21.5.